The van der Waals surface area contributed by atoms with Gasteiger partial charge < -0.3 is 9.64 Å². The summed E-state index contributed by atoms with van der Waals surface area (Å²) in [7, 11) is 1.69. The average molecular weight is 341 g/mol. The molecule has 1 aromatic heterocycles. The molecule has 0 spiro atoms. The summed E-state index contributed by atoms with van der Waals surface area (Å²) in [5.74, 6) is 0.194. The minimum Gasteiger partial charge on any atom is -0.382 e. The van der Waals surface area contributed by atoms with E-state index in [0.29, 0.717) is 13.0 Å². The van der Waals surface area contributed by atoms with Crippen LogP contribution in [0.3, 0.4) is 0 Å². The topological polar surface area (TPSA) is 47.4 Å². The molecule has 0 N–H and O–H groups in total. The van der Waals surface area contributed by atoms with Gasteiger partial charge in [0.15, 0.2) is 0 Å². The molecule has 1 atom stereocenters. The fourth-order valence-corrected chi connectivity index (χ4v) is 3.71. The molecule has 3 rings (SSSR count). The predicted octanol–water partition coefficient (Wildman–Crippen LogP) is 2.92. The Hall–Kier alpha value is -2.14. The number of aryl methyl sites for hydroxylation is 3. The lowest BCUT2D eigenvalue weighted by Crippen LogP contribution is -2.42. The molecule has 1 aliphatic heterocycles. The van der Waals surface area contributed by atoms with E-state index in [2.05, 4.69) is 31.1 Å². The molecule has 5 heteroatoms. The van der Waals surface area contributed by atoms with Crippen molar-refractivity contribution < 1.29 is 9.53 Å². The van der Waals surface area contributed by atoms with Crippen LogP contribution in [0.5, 0.6) is 0 Å². The monoisotopic (exact) mass is 341 g/mol. The maximum Gasteiger partial charge on any atom is 0.223 e. The van der Waals surface area contributed by atoms with Crippen LogP contribution in [0.15, 0.2) is 30.5 Å². The van der Waals surface area contributed by atoms with Crippen LogP contribution >= 0.6 is 0 Å². The van der Waals surface area contributed by atoms with Crippen molar-refractivity contribution in [2.45, 2.75) is 45.7 Å². The highest BCUT2D eigenvalue weighted by molar-refractivity contribution is 5.77. The van der Waals surface area contributed by atoms with Gasteiger partial charge in [-0.3, -0.25) is 9.48 Å². The molecule has 0 aliphatic carbocycles. The number of benzene rings is 1. The lowest BCUT2D eigenvalue weighted by molar-refractivity contribution is -0.135. The van der Waals surface area contributed by atoms with Crippen LogP contribution in [-0.4, -0.2) is 40.8 Å². The summed E-state index contributed by atoms with van der Waals surface area (Å²) in [4.78, 5) is 14.9. The van der Waals surface area contributed by atoms with Crippen LogP contribution in [0.2, 0.25) is 0 Å². The molecule has 1 aromatic carbocycles. The molecule has 2 heterocycles. The lowest BCUT2D eigenvalue weighted by Gasteiger charge is -2.36. The average Bonchev–Trinajstić information content (AvgIpc) is 3.05. The van der Waals surface area contributed by atoms with Crippen LogP contribution in [0, 0.1) is 6.92 Å². The summed E-state index contributed by atoms with van der Waals surface area (Å²) in [5, 5.41) is 4.47. The van der Waals surface area contributed by atoms with Crippen molar-refractivity contribution in [3.63, 3.8) is 0 Å². The van der Waals surface area contributed by atoms with Gasteiger partial charge in [0.2, 0.25) is 5.91 Å². The number of carbonyl (C=O) groups excluding carboxylic acids is 1. The molecule has 0 fully saturated rings. The van der Waals surface area contributed by atoms with E-state index < -0.39 is 0 Å². The van der Waals surface area contributed by atoms with E-state index in [4.69, 9.17) is 4.74 Å². The first-order valence-electron chi connectivity index (χ1n) is 9.03. The van der Waals surface area contributed by atoms with E-state index in [9.17, 15) is 4.79 Å². The first kappa shape index (κ1) is 17.7. The van der Waals surface area contributed by atoms with Gasteiger partial charge in [-0.15, -0.1) is 0 Å². The van der Waals surface area contributed by atoms with Gasteiger partial charge in [-0.2, -0.15) is 5.10 Å². The Labute approximate surface area is 149 Å². The van der Waals surface area contributed by atoms with Crippen LogP contribution in [-0.2, 0) is 28.9 Å². The van der Waals surface area contributed by atoms with Gasteiger partial charge in [-0.25, -0.2) is 0 Å². The van der Waals surface area contributed by atoms with Gasteiger partial charge in [0, 0.05) is 26.6 Å². The van der Waals surface area contributed by atoms with Crippen LogP contribution < -0.4 is 0 Å². The van der Waals surface area contributed by atoms with Gasteiger partial charge >= 0.3 is 0 Å². The number of amides is 1. The minimum atomic E-state index is -0.0411. The number of hydrogen-bond acceptors (Lipinski definition) is 3. The number of carbonyl (C=O) groups is 1. The number of ether oxygens (including phenoxy) is 1. The van der Waals surface area contributed by atoms with Crippen molar-refractivity contribution in [3.05, 3.63) is 52.8 Å². The Morgan fingerprint density at radius 3 is 2.88 bits per heavy atom. The van der Waals surface area contributed by atoms with Gasteiger partial charge in [-0.05, 0) is 43.4 Å². The molecule has 0 saturated carbocycles. The molecule has 0 radical (unpaired) electrons. The zero-order valence-corrected chi connectivity index (χ0v) is 15.4. The predicted molar refractivity (Wildman–Crippen MR) is 97.4 cm³/mol. The minimum absolute atomic E-state index is 0.0411. The fraction of sp³-hybridized carbons (Fsp3) is 0.500. The summed E-state index contributed by atoms with van der Waals surface area (Å²) in [5.41, 5.74) is 4.87. The number of rotatable bonds is 6. The molecule has 1 aliphatic rings. The number of fused-ring (bicyclic) bond motifs is 1. The normalized spacial score (nSPS) is 16.8. The van der Waals surface area contributed by atoms with E-state index >= 15 is 0 Å². The summed E-state index contributed by atoms with van der Waals surface area (Å²) in [6.45, 7) is 6.23. The second kappa shape index (κ2) is 7.83. The van der Waals surface area contributed by atoms with E-state index in [1.54, 1.807) is 7.11 Å². The number of methoxy groups -OCH3 is 1. The highest BCUT2D eigenvalue weighted by atomic mass is 16.5. The fourth-order valence-electron chi connectivity index (χ4n) is 3.71. The summed E-state index contributed by atoms with van der Waals surface area (Å²) in [6.07, 6.45) is 4.12. The molecule has 2 aromatic rings. The highest BCUT2D eigenvalue weighted by Crippen LogP contribution is 2.30. The SMILES string of the molecule is CCn1ncc2c1[C@H](COC)N(C(=O)CCc1ccccc1C)CC2. The third-order valence-electron chi connectivity index (χ3n) is 5.09. The van der Waals surface area contributed by atoms with Crippen molar-refractivity contribution in [2.24, 2.45) is 0 Å². The number of nitrogens with zero attached hydrogens (tertiary/aromatic N) is 3. The second-order valence-electron chi connectivity index (χ2n) is 6.61. The molecule has 5 nitrogen and oxygen atoms in total. The summed E-state index contributed by atoms with van der Waals surface area (Å²) in [6, 6.07) is 8.23. The lowest BCUT2D eigenvalue weighted by atomic mass is 9.98. The first-order valence-corrected chi connectivity index (χ1v) is 9.03. The Bertz CT molecular complexity index is 725. The summed E-state index contributed by atoms with van der Waals surface area (Å²) < 4.78 is 7.43. The Balaban J connectivity index is 1.76. The molecule has 0 bridgehead atoms. The third kappa shape index (κ3) is 3.61. The zero-order valence-electron chi connectivity index (χ0n) is 15.4. The van der Waals surface area contributed by atoms with Crippen LogP contribution in [0.25, 0.3) is 0 Å². The van der Waals surface area contributed by atoms with Crippen molar-refractivity contribution in [2.75, 3.05) is 20.3 Å². The highest BCUT2D eigenvalue weighted by Gasteiger charge is 2.33. The van der Waals surface area contributed by atoms with Crippen LogP contribution in [0.1, 0.15) is 41.8 Å². The third-order valence-corrected chi connectivity index (χ3v) is 5.09. The number of aromatic nitrogens is 2. The largest absolute Gasteiger partial charge is 0.382 e. The van der Waals surface area contributed by atoms with Gasteiger partial charge in [0.1, 0.15) is 0 Å². The molecule has 1 amide bonds. The van der Waals surface area contributed by atoms with Gasteiger partial charge in [-0.1, -0.05) is 24.3 Å². The van der Waals surface area contributed by atoms with Crippen molar-refractivity contribution in [1.29, 1.82) is 0 Å². The van der Waals surface area contributed by atoms with Crippen molar-refractivity contribution >= 4 is 5.91 Å². The first-order chi connectivity index (χ1) is 12.2. The van der Waals surface area contributed by atoms with E-state index in [1.165, 1.54) is 16.7 Å². The van der Waals surface area contributed by atoms with Crippen molar-refractivity contribution in [3.8, 4) is 0 Å². The Morgan fingerprint density at radius 2 is 2.16 bits per heavy atom. The standard InChI is InChI=1S/C20H27N3O2/c1-4-23-20-17(13-21-23)11-12-22(18(20)14-25-3)19(24)10-9-16-8-6-5-7-15(16)2/h5-8,13,18H,4,9-12,14H2,1-3H3/t18-/m0/s1. The molecule has 134 valence electrons. The molecule has 0 saturated heterocycles. The zero-order chi connectivity index (χ0) is 17.8. The van der Waals surface area contributed by atoms with Crippen LogP contribution in [0.4, 0.5) is 0 Å². The second-order valence-corrected chi connectivity index (χ2v) is 6.61. The van der Waals surface area contributed by atoms with Gasteiger partial charge in [0.25, 0.3) is 0 Å². The molecule has 25 heavy (non-hydrogen) atoms. The molecule has 0 unspecified atom stereocenters. The van der Waals surface area contributed by atoms with E-state index in [0.717, 1.165) is 31.6 Å². The number of hydrogen-bond donors (Lipinski definition) is 0. The quantitative estimate of drug-likeness (QED) is 0.812. The Kier molecular flexibility index (Phi) is 5.53. The maximum atomic E-state index is 12.9. The maximum absolute atomic E-state index is 12.9. The molecular weight excluding hydrogens is 314 g/mol. The Morgan fingerprint density at radius 1 is 1.36 bits per heavy atom. The van der Waals surface area contributed by atoms with Crippen molar-refractivity contribution in [1.82, 2.24) is 14.7 Å². The van der Waals surface area contributed by atoms with E-state index in [-0.39, 0.29) is 11.9 Å². The van der Waals surface area contributed by atoms with Gasteiger partial charge in [0.05, 0.1) is 24.5 Å². The summed E-state index contributed by atoms with van der Waals surface area (Å²) >= 11 is 0. The van der Waals surface area contributed by atoms with E-state index in [1.807, 2.05) is 27.9 Å². The smallest absolute Gasteiger partial charge is 0.223 e. The molecular formula is C20H27N3O2.